The summed E-state index contributed by atoms with van der Waals surface area (Å²) in [4.78, 5) is 12.5. The van der Waals surface area contributed by atoms with Gasteiger partial charge in [0.05, 0.1) is 6.04 Å². The van der Waals surface area contributed by atoms with Gasteiger partial charge < -0.3 is 15.8 Å². The molecule has 24 heavy (non-hydrogen) atoms. The molecule has 3 unspecified atom stereocenters. The molecule has 132 valence electrons. The molecule has 5 heteroatoms. The topological polar surface area (TPSA) is 64.3 Å². The molecule has 0 radical (unpaired) electrons. The first-order valence-electron chi connectivity index (χ1n) is 8.97. The van der Waals surface area contributed by atoms with Gasteiger partial charge in [0, 0.05) is 18.0 Å². The first kappa shape index (κ1) is 17.2. The number of benzene rings is 1. The number of hydrogen-bond donors (Lipinski definition) is 2. The maximum absolute atomic E-state index is 13.1. The van der Waals surface area contributed by atoms with Gasteiger partial charge in [-0.05, 0) is 56.6 Å². The third-order valence-corrected chi connectivity index (χ3v) is 5.47. The molecule has 3 rings (SSSR count). The molecular formula is C19H27FN2O2. The van der Waals surface area contributed by atoms with Crippen molar-refractivity contribution in [2.75, 3.05) is 6.61 Å². The molecule has 0 aromatic heterocycles. The minimum absolute atomic E-state index is 0.0664. The number of carbonyl (C=O) groups is 1. The summed E-state index contributed by atoms with van der Waals surface area (Å²) < 4.78 is 18.7. The summed E-state index contributed by atoms with van der Waals surface area (Å²) in [7, 11) is 0. The molecule has 2 fully saturated rings. The number of amides is 1. The van der Waals surface area contributed by atoms with Crippen LogP contribution >= 0.6 is 0 Å². The Morgan fingerprint density at radius 3 is 2.75 bits per heavy atom. The van der Waals surface area contributed by atoms with Crippen molar-refractivity contribution >= 4 is 5.91 Å². The van der Waals surface area contributed by atoms with E-state index in [1.165, 1.54) is 18.6 Å². The van der Waals surface area contributed by atoms with E-state index in [1.807, 2.05) is 6.92 Å². The standard InChI is InChI=1S/C19H27FN2O2/c1-12(11-24-17-7-3-6-16(20)10-17)22-19(23)15-8-13-4-2-5-14(9-15)18(13)21/h3,6-7,10,12-15,18H,2,4-5,8-9,11,21H2,1H3,(H,22,23). The summed E-state index contributed by atoms with van der Waals surface area (Å²) in [5.41, 5.74) is 6.29. The lowest BCUT2D eigenvalue weighted by Crippen LogP contribution is -2.50. The fourth-order valence-corrected chi connectivity index (χ4v) is 4.18. The van der Waals surface area contributed by atoms with E-state index in [4.69, 9.17) is 10.5 Å². The SMILES string of the molecule is CC(COc1cccc(F)c1)NC(=O)C1CC2CCCC(C1)C2N. The molecule has 0 heterocycles. The zero-order chi connectivity index (χ0) is 17.1. The van der Waals surface area contributed by atoms with E-state index in [0.717, 1.165) is 25.7 Å². The fourth-order valence-electron chi connectivity index (χ4n) is 4.18. The quantitative estimate of drug-likeness (QED) is 0.870. The zero-order valence-electron chi connectivity index (χ0n) is 14.2. The van der Waals surface area contributed by atoms with E-state index < -0.39 is 0 Å². The maximum Gasteiger partial charge on any atom is 0.223 e. The number of rotatable bonds is 5. The van der Waals surface area contributed by atoms with Crippen molar-refractivity contribution in [3.05, 3.63) is 30.1 Å². The highest BCUT2D eigenvalue weighted by Gasteiger charge is 2.40. The van der Waals surface area contributed by atoms with Crippen LogP contribution in [0, 0.1) is 23.6 Å². The summed E-state index contributed by atoms with van der Waals surface area (Å²) in [5, 5.41) is 3.04. The van der Waals surface area contributed by atoms with Crippen molar-refractivity contribution in [2.24, 2.45) is 23.5 Å². The normalized spacial score (nSPS) is 30.5. The molecule has 3 atom stereocenters. The number of carbonyl (C=O) groups excluding carboxylic acids is 1. The Morgan fingerprint density at radius 2 is 2.08 bits per heavy atom. The molecule has 4 nitrogen and oxygen atoms in total. The number of ether oxygens (including phenoxy) is 1. The van der Waals surface area contributed by atoms with Crippen LogP contribution in [-0.4, -0.2) is 24.6 Å². The van der Waals surface area contributed by atoms with E-state index in [1.54, 1.807) is 12.1 Å². The van der Waals surface area contributed by atoms with Gasteiger partial charge in [-0.3, -0.25) is 4.79 Å². The lowest BCUT2D eigenvalue weighted by molar-refractivity contribution is -0.128. The lowest BCUT2D eigenvalue weighted by Gasteiger charge is -2.43. The summed E-state index contributed by atoms with van der Waals surface area (Å²) in [6.07, 6.45) is 5.36. The number of nitrogens with one attached hydrogen (secondary N) is 1. The first-order chi connectivity index (χ1) is 11.5. The Balaban J connectivity index is 1.47. The Morgan fingerprint density at radius 1 is 1.38 bits per heavy atom. The van der Waals surface area contributed by atoms with Crippen LogP contribution in [0.1, 0.15) is 39.0 Å². The highest BCUT2D eigenvalue weighted by molar-refractivity contribution is 5.79. The summed E-state index contributed by atoms with van der Waals surface area (Å²) in [5.74, 6) is 1.31. The maximum atomic E-state index is 13.1. The van der Waals surface area contributed by atoms with E-state index >= 15 is 0 Å². The molecule has 0 aliphatic heterocycles. The van der Waals surface area contributed by atoms with Gasteiger partial charge in [-0.1, -0.05) is 12.5 Å². The highest BCUT2D eigenvalue weighted by atomic mass is 19.1. The number of fused-ring (bicyclic) bond motifs is 2. The molecule has 0 spiro atoms. The van der Waals surface area contributed by atoms with Crippen LogP contribution in [0.3, 0.4) is 0 Å². The Hall–Kier alpha value is -1.62. The van der Waals surface area contributed by atoms with Crippen molar-refractivity contribution in [1.82, 2.24) is 5.32 Å². The van der Waals surface area contributed by atoms with Gasteiger partial charge in [-0.25, -0.2) is 4.39 Å². The zero-order valence-corrected chi connectivity index (χ0v) is 14.2. The van der Waals surface area contributed by atoms with Crippen molar-refractivity contribution in [1.29, 1.82) is 0 Å². The Bertz CT molecular complexity index is 566. The average Bonchev–Trinajstić information content (AvgIpc) is 2.52. The van der Waals surface area contributed by atoms with Crippen LogP contribution in [0.2, 0.25) is 0 Å². The van der Waals surface area contributed by atoms with Crippen molar-refractivity contribution in [3.8, 4) is 5.75 Å². The fraction of sp³-hybridized carbons (Fsp3) is 0.632. The smallest absolute Gasteiger partial charge is 0.223 e. The summed E-state index contributed by atoms with van der Waals surface area (Å²) in [6, 6.07) is 6.20. The minimum atomic E-state index is -0.325. The van der Waals surface area contributed by atoms with Crippen LogP contribution in [0.25, 0.3) is 0 Å². The lowest BCUT2D eigenvalue weighted by atomic mass is 9.65. The van der Waals surface area contributed by atoms with E-state index in [0.29, 0.717) is 24.2 Å². The first-order valence-corrected chi connectivity index (χ1v) is 8.97. The second kappa shape index (κ2) is 7.51. The van der Waals surface area contributed by atoms with Crippen LogP contribution < -0.4 is 15.8 Å². The van der Waals surface area contributed by atoms with Gasteiger partial charge in [0.2, 0.25) is 5.91 Å². The second-order valence-corrected chi connectivity index (χ2v) is 7.37. The van der Waals surface area contributed by atoms with Crippen molar-refractivity contribution in [2.45, 2.75) is 51.1 Å². The van der Waals surface area contributed by atoms with Crippen LogP contribution in [-0.2, 0) is 4.79 Å². The number of hydrogen-bond acceptors (Lipinski definition) is 3. The van der Waals surface area contributed by atoms with Gasteiger partial charge in [0.25, 0.3) is 0 Å². The van der Waals surface area contributed by atoms with Crippen molar-refractivity contribution < 1.29 is 13.9 Å². The van der Waals surface area contributed by atoms with E-state index in [9.17, 15) is 9.18 Å². The Labute approximate surface area is 142 Å². The second-order valence-electron chi connectivity index (χ2n) is 7.37. The monoisotopic (exact) mass is 334 g/mol. The van der Waals surface area contributed by atoms with Crippen LogP contribution in [0.4, 0.5) is 4.39 Å². The molecule has 2 bridgehead atoms. The molecule has 1 aromatic rings. The van der Waals surface area contributed by atoms with Gasteiger partial charge in [0.15, 0.2) is 0 Å². The molecule has 0 saturated heterocycles. The predicted molar refractivity (Wildman–Crippen MR) is 91.0 cm³/mol. The van der Waals surface area contributed by atoms with Crippen LogP contribution in [0.15, 0.2) is 24.3 Å². The number of halogens is 1. The molecule has 2 saturated carbocycles. The van der Waals surface area contributed by atoms with Gasteiger partial charge in [-0.15, -0.1) is 0 Å². The van der Waals surface area contributed by atoms with Gasteiger partial charge in [-0.2, -0.15) is 0 Å². The third kappa shape index (κ3) is 4.07. The summed E-state index contributed by atoms with van der Waals surface area (Å²) in [6.45, 7) is 2.24. The number of nitrogens with two attached hydrogens (primary N) is 1. The predicted octanol–water partition coefficient (Wildman–Crippen LogP) is 2.86. The van der Waals surface area contributed by atoms with Crippen molar-refractivity contribution in [3.63, 3.8) is 0 Å². The highest BCUT2D eigenvalue weighted by Crippen LogP contribution is 2.41. The molecule has 1 amide bonds. The molecule has 2 aliphatic rings. The van der Waals surface area contributed by atoms with Gasteiger partial charge in [0.1, 0.15) is 18.2 Å². The molecule has 1 aromatic carbocycles. The third-order valence-electron chi connectivity index (χ3n) is 5.47. The van der Waals surface area contributed by atoms with Crippen LogP contribution in [0.5, 0.6) is 5.75 Å². The molecule has 3 N–H and O–H groups in total. The molecular weight excluding hydrogens is 307 g/mol. The molecule has 2 aliphatic carbocycles. The van der Waals surface area contributed by atoms with E-state index in [2.05, 4.69) is 5.32 Å². The van der Waals surface area contributed by atoms with Gasteiger partial charge >= 0.3 is 0 Å². The average molecular weight is 334 g/mol. The Kier molecular flexibility index (Phi) is 5.39. The van der Waals surface area contributed by atoms with E-state index in [-0.39, 0.29) is 29.7 Å². The summed E-state index contributed by atoms with van der Waals surface area (Å²) >= 11 is 0. The minimum Gasteiger partial charge on any atom is -0.491 e. The largest absolute Gasteiger partial charge is 0.491 e.